The zero-order valence-electron chi connectivity index (χ0n) is 34.6. The van der Waals surface area contributed by atoms with E-state index in [-0.39, 0.29) is 0 Å². The normalized spacial score (nSPS) is 11.5. The maximum atomic E-state index is 2.40. The van der Waals surface area contributed by atoms with E-state index in [0.717, 1.165) is 17.1 Å². The number of nitrogens with zero attached hydrogens (tertiary/aromatic N) is 1. The van der Waals surface area contributed by atoms with E-state index in [1.165, 1.54) is 98.4 Å². The molecule has 0 saturated heterocycles. The summed E-state index contributed by atoms with van der Waals surface area (Å²) in [5, 5.41) is 12.6. The summed E-state index contributed by atoms with van der Waals surface area (Å²) in [6.07, 6.45) is 0. The highest BCUT2D eigenvalue weighted by molar-refractivity contribution is 6.25. The van der Waals surface area contributed by atoms with Crippen molar-refractivity contribution in [1.29, 1.82) is 0 Å². The average Bonchev–Trinajstić information content (AvgIpc) is 3.36. The molecule has 0 N–H and O–H groups in total. The van der Waals surface area contributed by atoms with Crippen molar-refractivity contribution in [2.24, 2.45) is 0 Å². The van der Waals surface area contributed by atoms with Gasteiger partial charge in [-0.3, -0.25) is 0 Å². The van der Waals surface area contributed by atoms with Crippen LogP contribution in [0.15, 0.2) is 249 Å². The third-order valence-corrected chi connectivity index (χ3v) is 12.8. The zero-order valence-corrected chi connectivity index (χ0v) is 34.6. The van der Waals surface area contributed by atoms with Crippen molar-refractivity contribution in [2.45, 2.75) is 0 Å². The Morgan fingerprint density at radius 1 is 0.222 bits per heavy atom. The highest BCUT2D eigenvalue weighted by Crippen LogP contribution is 2.46. The molecule has 0 atom stereocenters. The molecule has 12 aromatic carbocycles. The van der Waals surface area contributed by atoms with Crippen LogP contribution < -0.4 is 4.90 Å². The van der Waals surface area contributed by atoms with Gasteiger partial charge in [-0.05, 0) is 135 Å². The highest BCUT2D eigenvalue weighted by atomic mass is 15.1. The van der Waals surface area contributed by atoms with Crippen LogP contribution in [0.2, 0.25) is 0 Å². The maximum Gasteiger partial charge on any atom is 0.0540 e. The van der Waals surface area contributed by atoms with Gasteiger partial charge in [0.1, 0.15) is 0 Å². The molecule has 0 aromatic heterocycles. The molecule has 0 aliphatic heterocycles. The van der Waals surface area contributed by atoms with Gasteiger partial charge in [-0.2, -0.15) is 0 Å². The molecule has 0 aliphatic rings. The molecule has 1 heteroatoms. The molecule has 0 heterocycles. The Morgan fingerprint density at radius 2 is 0.730 bits per heavy atom. The molecule has 0 saturated carbocycles. The van der Waals surface area contributed by atoms with Crippen molar-refractivity contribution in [3.8, 4) is 44.5 Å². The fraction of sp³-hybridized carbons (Fsp3) is 0. The standard InChI is InChI=1S/C62H41N/c1-3-16-43(17-4-1)50-36-37-51(55-27-12-11-26-54(50)55)46-21-15-20-45(40-46)42-30-33-49(34-31-42)63(48-22-5-2-6-23-48)61-39-38-57(56-28-13-14-29-58(56)61)60-41-47-19-8-10-25-53(47)62-52-24-9-7-18-44(52)32-35-59(60)62/h1-41H. The predicted octanol–water partition coefficient (Wildman–Crippen LogP) is 17.6. The fourth-order valence-corrected chi connectivity index (χ4v) is 9.90. The van der Waals surface area contributed by atoms with E-state index in [9.17, 15) is 0 Å². The van der Waals surface area contributed by atoms with Crippen molar-refractivity contribution in [3.05, 3.63) is 249 Å². The highest BCUT2D eigenvalue weighted by Gasteiger charge is 2.20. The van der Waals surface area contributed by atoms with Crippen LogP contribution in [-0.2, 0) is 0 Å². The molecule has 0 spiro atoms. The first-order valence-corrected chi connectivity index (χ1v) is 21.8. The summed E-state index contributed by atoms with van der Waals surface area (Å²) >= 11 is 0. The second kappa shape index (κ2) is 15.3. The smallest absolute Gasteiger partial charge is 0.0540 e. The summed E-state index contributed by atoms with van der Waals surface area (Å²) in [5.74, 6) is 0. The van der Waals surface area contributed by atoms with E-state index >= 15 is 0 Å². The van der Waals surface area contributed by atoms with Crippen LogP contribution in [0.3, 0.4) is 0 Å². The van der Waals surface area contributed by atoms with Gasteiger partial charge in [-0.1, -0.05) is 206 Å². The number of fused-ring (bicyclic) bond motifs is 7. The topological polar surface area (TPSA) is 3.24 Å². The Kier molecular flexibility index (Phi) is 8.90. The molecule has 0 unspecified atom stereocenters. The number of para-hydroxylation sites is 1. The first-order valence-electron chi connectivity index (χ1n) is 21.8. The van der Waals surface area contributed by atoms with Crippen molar-refractivity contribution < 1.29 is 0 Å². The summed E-state index contributed by atoms with van der Waals surface area (Å²) in [6, 6.07) is 90.9. The summed E-state index contributed by atoms with van der Waals surface area (Å²) < 4.78 is 0. The minimum absolute atomic E-state index is 1.10. The fourth-order valence-electron chi connectivity index (χ4n) is 9.90. The number of benzene rings is 12. The lowest BCUT2D eigenvalue weighted by molar-refractivity contribution is 1.30. The van der Waals surface area contributed by atoms with Gasteiger partial charge < -0.3 is 4.90 Å². The molecule has 0 aliphatic carbocycles. The minimum Gasteiger partial charge on any atom is -0.310 e. The van der Waals surface area contributed by atoms with E-state index < -0.39 is 0 Å². The van der Waals surface area contributed by atoms with E-state index in [2.05, 4.69) is 254 Å². The predicted molar refractivity (Wildman–Crippen MR) is 270 cm³/mol. The van der Waals surface area contributed by atoms with E-state index in [1.807, 2.05) is 0 Å². The van der Waals surface area contributed by atoms with Gasteiger partial charge in [-0.25, -0.2) is 0 Å². The van der Waals surface area contributed by atoms with Crippen LogP contribution in [0.1, 0.15) is 0 Å². The molecular formula is C62H41N. The van der Waals surface area contributed by atoms with Gasteiger partial charge in [-0.15, -0.1) is 0 Å². The maximum absolute atomic E-state index is 2.40. The van der Waals surface area contributed by atoms with Gasteiger partial charge in [0.05, 0.1) is 5.69 Å². The number of rotatable bonds is 7. The third kappa shape index (κ3) is 6.33. The molecule has 0 amide bonds. The second-order valence-corrected chi connectivity index (χ2v) is 16.4. The van der Waals surface area contributed by atoms with Gasteiger partial charge in [0, 0.05) is 16.8 Å². The van der Waals surface area contributed by atoms with Gasteiger partial charge in [0.2, 0.25) is 0 Å². The Labute approximate surface area is 367 Å². The third-order valence-electron chi connectivity index (χ3n) is 12.8. The first-order chi connectivity index (χ1) is 31.3. The lowest BCUT2D eigenvalue weighted by Gasteiger charge is -2.28. The molecule has 1 nitrogen and oxygen atoms in total. The molecule has 294 valence electrons. The molecule has 12 rings (SSSR count). The van der Waals surface area contributed by atoms with Crippen LogP contribution in [0.4, 0.5) is 17.1 Å². The van der Waals surface area contributed by atoms with Crippen LogP contribution in [-0.4, -0.2) is 0 Å². The quantitative estimate of drug-likeness (QED) is 0.145. The summed E-state index contributed by atoms with van der Waals surface area (Å²) in [7, 11) is 0. The molecule has 0 radical (unpaired) electrons. The Hall–Kier alpha value is -8.26. The van der Waals surface area contributed by atoms with Crippen LogP contribution >= 0.6 is 0 Å². The first kappa shape index (κ1) is 36.6. The van der Waals surface area contributed by atoms with Crippen molar-refractivity contribution in [2.75, 3.05) is 4.90 Å². The van der Waals surface area contributed by atoms with E-state index in [1.54, 1.807) is 0 Å². The number of hydrogen-bond donors (Lipinski definition) is 0. The van der Waals surface area contributed by atoms with Crippen LogP contribution in [0.5, 0.6) is 0 Å². The largest absolute Gasteiger partial charge is 0.310 e. The summed E-state index contributed by atoms with van der Waals surface area (Å²) in [6.45, 7) is 0. The number of hydrogen-bond acceptors (Lipinski definition) is 1. The number of anilines is 3. The summed E-state index contributed by atoms with van der Waals surface area (Å²) in [4.78, 5) is 2.40. The van der Waals surface area contributed by atoms with E-state index in [0.29, 0.717) is 0 Å². The van der Waals surface area contributed by atoms with Gasteiger partial charge in [0.15, 0.2) is 0 Å². The van der Waals surface area contributed by atoms with Gasteiger partial charge >= 0.3 is 0 Å². The molecule has 12 aromatic rings. The zero-order chi connectivity index (χ0) is 41.7. The Morgan fingerprint density at radius 3 is 1.44 bits per heavy atom. The van der Waals surface area contributed by atoms with Gasteiger partial charge in [0.25, 0.3) is 0 Å². The average molecular weight is 800 g/mol. The lowest BCUT2D eigenvalue weighted by Crippen LogP contribution is -2.10. The van der Waals surface area contributed by atoms with Crippen LogP contribution in [0, 0.1) is 0 Å². The monoisotopic (exact) mass is 799 g/mol. The molecular weight excluding hydrogens is 759 g/mol. The molecule has 0 bridgehead atoms. The van der Waals surface area contributed by atoms with E-state index in [4.69, 9.17) is 0 Å². The Bertz CT molecular complexity index is 3650. The van der Waals surface area contributed by atoms with Crippen molar-refractivity contribution in [3.63, 3.8) is 0 Å². The lowest BCUT2D eigenvalue weighted by atomic mass is 9.88. The molecule has 63 heavy (non-hydrogen) atoms. The SMILES string of the molecule is c1ccc(-c2ccc(-c3cccc(-c4ccc(N(c5ccccc5)c5ccc(-c6cc7ccccc7c7c6ccc6ccccc67)c6ccccc56)cc4)c3)c3ccccc23)cc1. The summed E-state index contributed by atoms with van der Waals surface area (Å²) in [5.41, 5.74) is 13.1. The van der Waals surface area contributed by atoms with Crippen molar-refractivity contribution in [1.82, 2.24) is 0 Å². The molecule has 0 fully saturated rings. The Balaban J connectivity index is 0.961. The van der Waals surface area contributed by atoms with Crippen LogP contribution in [0.25, 0.3) is 98.4 Å². The minimum atomic E-state index is 1.10. The second-order valence-electron chi connectivity index (χ2n) is 16.4. The van der Waals surface area contributed by atoms with Crippen molar-refractivity contribution >= 4 is 70.9 Å².